The van der Waals surface area contributed by atoms with E-state index in [1.165, 1.54) is 13.0 Å². The molecule has 0 saturated carbocycles. The van der Waals surface area contributed by atoms with Crippen molar-refractivity contribution in [1.29, 1.82) is 0 Å². The van der Waals surface area contributed by atoms with E-state index in [9.17, 15) is 9.18 Å². The number of halogens is 2. The number of rotatable bonds is 4. The Hall–Kier alpha value is -1.88. The van der Waals surface area contributed by atoms with Crippen LogP contribution in [0.5, 0.6) is 5.75 Å². The van der Waals surface area contributed by atoms with E-state index in [1.807, 2.05) is 0 Å². The van der Waals surface area contributed by atoms with Gasteiger partial charge in [0.2, 0.25) is 5.91 Å². The van der Waals surface area contributed by atoms with E-state index in [0.29, 0.717) is 21.5 Å². The highest BCUT2D eigenvalue weighted by Gasteiger charge is 2.08. The Morgan fingerprint density at radius 2 is 2.00 bits per heavy atom. The lowest BCUT2D eigenvalue weighted by Crippen LogP contribution is -2.08. The zero-order chi connectivity index (χ0) is 14.5. The minimum Gasteiger partial charge on any atom is -0.487 e. The molecule has 20 heavy (non-hydrogen) atoms. The predicted molar refractivity (Wildman–Crippen MR) is 79.2 cm³/mol. The summed E-state index contributed by atoms with van der Waals surface area (Å²) in [5.74, 6) is 0.0353. The van der Waals surface area contributed by atoms with E-state index in [4.69, 9.17) is 4.74 Å². The Kier molecular flexibility index (Phi) is 4.74. The second-order valence-corrected chi connectivity index (χ2v) is 4.97. The van der Waals surface area contributed by atoms with Crippen molar-refractivity contribution in [1.82, 2.24) is 0 Å². The van der Waals surface area contributed by atoms with Crippen LogP contribution in [0.2, 0.25) is 0 Å². The van der Waals surface area contributed by atoms with E-state index in [0.717, 1.165) is 0 Å². The Morgan fingerprint density at radius 3 is 2.75 bits per heavy atom. The summed E-state index contributed by atoms with van der Waals surface area (Å²) < 4.78 is 19.4. The average Bonchev–Trinajstić information content (AvgIpc) is 2.41. The van der Waals surface area contributed by atoms with Gasteiger partial charge in [-0.15, -0.1) is 0 Å². The SMILES string of the molecule is CC(=O)Nc1ccccc1OCc1cccc(F)c1Br. The van der Waals surface area contributed by atoms with Gasteiger partial charge in [-0.3, -0.25) is 4.79 Å². The van der Waals surface area contributed by atoms with Gasteiger partial charge in [0.05, 0.1) is 10.2 Å². The standard InChI is InChI=1S/C15H13BrFNO2/c1-10(19)18-13-7-2-3-8-14(13)20-9-11-5-4-6-12(17)15(11)16/h2-8H,9H2,1H3,(H,18,19). The molecule has 2 rings (SSSR count). The topological polar surface area (TPSA) is 38.3 Å². The fourth-order valence-corrected chi connectivity index (χ4v) is 2.08. The zero-order valence-electron chi connectivity index (χ0n) is 10.8. The van der Waals surface area contributed by atoms with Gasteiger partial charge in [-0.1, -0.05) is 24.3 Å². The molecule has 0 heterocycles. The molecular weight excluding hydrogens is 325 g/mol. The van der Waals surface area contributed by atoms with Crippen LogP contribution in [0.1, 0.15) is 12.5 Å². The van der Waals surface area contributed by atoms with E-state index >= 15 is 0 Å². The van der Waals surface area contributed by atoms with Crippen molar-refractivity contribution in [3.05, 3.63) is 58.3 Å². The molecule has 0 unspecified atom stereocenters. The summed E-state index contributed by atoms with van der Waals surface area (Å²) in [6, 6.07) is 11.9. The van der Waals surface area contributed by atoms with Crippen LogP contribution in [-0.2, 0) is 11.4 Å². The van der Waals surface area contributed by atoms with Crippen LogP contribution in [0.3, 0.4) is 0 Å². The van der Waals surface area contributed by atoms with Gasteiger partial charge in [-0.05, 0) is 34.1 Å². The summed E-state index contributed by atoms with van der Waals surface area (Å²) in [7, 11) is 0. The third-order valence-electron chi connectivity index (χ3n) is 2.61. The fraction of sp³-hybridized carbons (Fsp3) is 0.133. The smallest absolute Gasteiger partial charge is 0.221 e. The summed E-state index contributed by atoms with van der Waals surface area (Å²) >= 11 is 3.19. The Labute approximate surface area is 124 Å². The fourth-order valence-electron chi connectivity index (χ4n) is 1.70. The third kappa shape index (κ3) is 3.57. The molecule has 0 atom stereocenters. The molecule has 5 heteroatoms. The predicted octanol–water partition coefficient (Wildman–Crippen LogP) is 4.13. The van der Waals surface area contributed by atoms with Crippen molar-refractivity contribution in [2.45, 2.75) is 13.5 Å². The first-order valence-electron chi connectivity index (χ1n) is 6.00. The molecule has 0 aliphatic heterocycles. The zero-order valence-corrected chi connectivity index (χ0v) is 12.4. The number of benzene rings is 2. The molecule has 0 spiro atoms. The van der Waals surface area contributed by atoms with E-state index in [2.05, 4.69) is 21.2 Å². The molecule has 0 radical (unpaired) electrons. The van der Waals surface area contributed by atoms with Crippen molar-refractivity contribution >= 4 is 27.5 Å². The summed E-state index contributed by atoms with van der Waals surface area (Å²) in [5.41, 5.74) is 1.29. The summed E-state index contributed by atoms with van der Waals surface area (Å²) in [6.07, 6.45) is 0. The molecular formula is C15H13BrFNO2. The van der Waals surface area contributed by atoms with Crippen LogP contribution in [0.25, 0.3) is 0 Å². The molecule has 1 N–H and O–H groups in total. The van der Waals surface area contributed by atoms with Crippen LogP contribution < -0.4 is 10.1 Å². The van der Waals surface area contributed by atoms with Gasteiger partial charge in [0.15, 0.2) is 0 Å². The number of hydrogen-bond acceptors (Lipinski definition) is 2. The first-order valence-corrected chi connectivity index (χ1v) is 6.79. The number of hydrogen-bond donors (Lipinski definition) is 1. The van der Waals surface area contributed by atoms with Gasteiger partial charge >= 0.3 is 0 Å². The molecule has 104 valence electrons. The van der Waals surface area contributed by atoms with Gasteiger partial charge in [-0.25, -0.2) is 4.39 Å². The second-order valence-electron chi connectivity index (χ2n) is 4.18. The van der Waals surface area contributed by atoms with Crippen LogP contribution in [0, 0.1) is 5.82 Å². The molecule has 0 aliphatic carbocycles. The van der Waals surface area contributed by atoms with E-state index in [-0.39, 0.29) is 18.3 Å². The lowest BCUT2D eigenvalue weighted by molar-refractivity contribution is -0.114. The van der Waals surface area contributed by atoms with Crippen molar-refractivity contribution in [3.8, 4) is 5.75 Å². The Balaban J connectivity index is 2.15. The quantitative estimate of drug-likeness (QED) is 0.911. The maximum atomic E-state index is 13.4. The number of ether oxygens (including phenoxy) is 1. The van der Waals surface area contributed by atoms with Crippen LogP contribution >= 0.6 is 15.9 Å². The lowest BCUT2D eigenvalue weighted by atomic mass is 10.2. The molecule has 2 aromatic carbocycles. The Morgan fingerprint density at radius 1 is 1.25 bits per heavy atom. The van der Waals surface area contributed by atoms with Gasteiger partial charge in [0, 0.05) is 12.5 Å². The van der Waals surface area contributed by atoms with E-state index in [1.54, 1.807) is 36.4 Å². The van der Waals surface area contributed by atoms with Crippen LogP contribution in [-0.4, -0.2) is 5.91 Å². The number of nitrogens with one attached hydrogen (secondary N) is 1. The monoisotopic (exact) mass is 337 g/mol. The molecule has 0 aliphatic rings. The second kappa shape index (κ2) is 6.52. The van der Waals surface area contributed by atoms with Crippen molar-refractivity contribution < 1.29 is 13.9 Å². The third-order valence-corrected chi connectivity index (χ3v) is 3.50. The number of para-hydroxylation sites is 2. The average molecular weight is 338 g/mol. The number of amides is 1. The largest absolute Gasteiger partial charge is 0.487 e. The molecule has 3 nitrogen and oxygen atoms in total. The Bertz CT molecular complexity index is 631. The maximum absolute atomic E-state index is 13.4. The van der Waals surface area contributed by atoms with E-state index < -0.39 is 0 Å². The van der Waals surface area contributed by atoms with Gasteiger partial charge in [0.1, 0.15) is 18.2 Å². The summed E-state index contributed by atoms with van der Waals surface area (Å²) in [4.78, 5) is 11.1. The first kappa shape index (κ1) is 14.5. The van der Waals surface area contributed by atoms with Crippen molar-refractivity contribution in [2.75, 3.05) is 5.32 Å². The minimum absolute atomic E-state index is 0.173. The minimum atomic E-state index is -0.332. The highest BCUT2D eigenvalue weighted by molar-refractivity contribution is 9.10. The number of carbonyl (C=O) groups excluding carboxylic acids is 1. The summed E-state index contributed by atoms with van der Waals surface area (Å²) in [6.45, 7) is 1.63. The van der Waals surface area contributed by atoms with Gasteiger partial charge in [-0.2, -0.15) is 0 Å². The highest BCUT2D eigenvalue weighted by Crippen LogP contribution is 2.27. The molecule has 1 amide bonds. The van der Waals surface area contributed by atoms with Crippen molar-refractivity contribution in [2.24, 2.45) is 0 Å². The van der Waals surface area contributed by atoms with Gasteiger partial charge in [0.25, 0.3) is 0 Å². The van der Waals surface area contributed by atoms with Gasteiger partial charge < -0.3 is 10.1 Å². The number of carbonyl (C=O) groups is 1. The van der Waals surface area contributed by atoms with Crippen LogP contribution in [0.4, 0.5) is 10.1 Å². The molecule has 2 aromatic rings. The first-order chi connectivity index (χ1) is 9.58. The van der Waals surface area contributed by atoms with Crippen LogP contribution in [0.15, 0.2) is 46.9 Å². The molecule has 0 saturated heterocycles. The maximum Gasteiger partial charge on any atom is 0.221 e. The molecule has 0 aromatic heterocycles. The molecule has 0 fully saturated rings. The number of anilines is 1. The highest BCUT2D eigenvalue weighted by atomic mass is 79.9. The van der Waals surface area contributed by atoms with Crippen molar-refractivity contribution in [3.63, 3.8) is 0 Å². The normalized spacial score (nSPS) is 10.2. The lowest BCUT2D eigenvalue weighted by Gasteiger charge is -2.12. The molecule has 0 bridgehead atoms. The summed E-state index contributed by atoms with van der Waals surface area (Å²) in [5, 5.41) is 2.69.